The molecule has 0 bridgehead atoms. The second-order valence-electron chi connectivity index (χ2n) is 2.68. The van der Waals surface area contributed by atoms with Crippen LogP contribution < -0.4 is 0 Å². The lowest BCUT2D eigenvalue weighted by Gasteiger charge is -1.95. The monoisotopic (exact) mass is 197 g/mol. The van der Waals surface area contributed by atoms with Gasteiger partial charge >= 0.3 is 0 Å². The molecular formula is C8H8ClN3O. The quantitative estimate of drug-likeness (QED) is 0.710. The number of hydrogen-bond acceptors (Lipinski definition) is 3. The van der Waals surface area contributed by atoms with Crippen LogP contribution in [0.4, 0.5) is 0 Å². The fourth-order valence-corrected chi connectivity index (χ4v) is 1.56. The first-order valence-electron chi connectivity index (χ1n) is 3.90. The van der Waals surface area contributed by atoms with Crippen molar-refractivity contribution < 1.29 is 5.11 Å². The van der Waals surface area contributed by atoms with Crippen LogP contribution >= 0.6 is 11.6 Å². The van der Waals surface area contributed by atoms with Crippen LogP contribution in [0, 0.1) is 0 Å². The number of aliphatic hydroxyl groups excluding tert-OH is 1. The topological polar surface area (TPSA) is 61.8 Å². The first-order valence-corrected chi connectivity index (χ1v) is 4.28. The molecule has 68 valence electrons. The van der Waals surface area contributed by atoms with Gasteiger partial charge in [0.25, 0.3) is 0 Å². The number of halogens is 1. The number of fused-ring (bicyclic) bond motifs is 1. The molecule has 0 aliphatic heterocycles. The highest BCUT2D eigenvalue weighted by molar-refractivity contribution is 6.34. The van der Waals surface area contributed by atoms with Gasteiger partial charge in [0, 0.05) is 12.8 Å². The molecule has 0 amide bonds. The molecule has 4 nitrogen and oxygen atoms in total. The summed E-state index contributed by atoms with van der Waals surface area (Å²) in [6.45, 7) is 0.0954. The fourth-order valence-electron chi connectivity index (χ4n) is 1.30. The third-order valence-corrected chi connectivity index (χ3v) is 2.17. The van der Waals surface area contributed by atoms with E-state index in [1.54, 1.807) is 6.20 Å². The van der Waals surface area contributed by atoms with E-state index < -0.39 is 0 Å². The van der Waals surface area contributed by atoms with E-state index in [2.05, 4.69) is 15.0 Å². The van der Waals surface area contributed by atoms with Crippen molar-refractivity contribution in [3.8, 4) is 0 Å². The number of aliphatic hydroxyl groups is 1. The molecule has 0 atom stereocenters. The van der Waals surface area contributed by atoms with Crippen molar-refractivity contribution in [2.24, 2.45) is 0 Å². The largest absolute Gasteiger partial charge is 0.396 e. The zero-order valence-corrected chi connectivity index (χ0v) is 7.54. The summed E-state index contributed by atoms with van der Waals surface area (Å²) in [6, 6.07) is 0. The normalized spacial score (nSPS) is 10.9. The van der Waals surface area contributed by atoms with E-state index in [1.807, 2.05) is 0 Å². The molecule has 13 heavy (non-hydrogen) atoms. The maximum Gasteiger partial charge on any atom is 0.142 e. The molecule has 5 heteroatoms. The van der Waals surface area contributed by atoms with E-state index in [0.717, 1.165) is 10.9 Å². The Hall–Kier alpha value is -1.13. The van der Waals surface area contributed by atoms with E-state index in [0.29, 0.717) is 17.2 Å². The van der Waals surface area contributed by atoms with E-state index >= 15 is 0 Å². The summed E-state index contributed by atoms with van der Waals surface area (Å²) in [4.78, 5) is 10.9. The van der Waals surface area contributed by atoms with Crippen molar-refractivity contribution in [1.29, 1.82) is 0 Å². The number of nitrogens with one attached hydrogen (secondary N) is 1. The van der Waals surface area contributed by atoms with Gasteiger partial charge in [-0.25, -0.2) is 9.97 Å². The number of aromatic amines is 1. The summed E-state index contributed by atoms with van der Waals surface area (Å²) >= 11 is 5.89. The van der Waals surface area contributed by atoms with E-state index in [1.165, 1.54) is 6.33 Å². The van der Waals surface area contributed by atoms with Gasteiger partial charge in [-0.05, 0) is 12.0 Å². The minimum Gasteiger partial charge on any atom is -0.396 e. The van der Waals surface area contributed by atoms with Crippen molar-refractivity contribution in [3.63, 3.8) is 0 Å². The summed E-state index contributed by atoms with van der Waals surface area (Å²) in [7, 11) is 0. The Balaban J connectivity index is 2.64. The smallest absolute Gasteiger partial charge is 0.142 e. The lowest BCUT2D eigenvalue weighted by atomic mass is 10.2. The van der Waals surface area contributed by atoms with Crippen LogP contribution in [0.1, 0.15) is 5.56 Å². The highest BCUT2D eigenvalue weighted by Gasteiger charge is 2.08. The first kappa shape index (κ1) is 8.47. The molecule has 2 aromatic rings. The molecule has 0 saturated heterocycles. The Bertz CT molecular complexity index is 426. The molecule has 2 heterocycles. The van der Waals surface area contributed by atoms with Gasteiger partial charge < -0.3 is 10.1 Å². The van der Waals surface area contributed by atoms with E-state index in [-0.39, 0.29) is 6.61 Å². The summed E-state index contributed by atoms with van der Waals surface area (Å²) < 4.78 is 0. The third kappa shape index (κ3) is 1.38. The molecular weight excluding hydrogens is 190 g/mol. The Labute approximate surface area is 79.6 Å². The van der Waals surface area contributed by atoms with Gasteiger partial charge in [0.15, 0.2) is 0 Å². The summed E-state index contributed by atoms with van der Waals surface area (Å²) in [5.41, 5.74) is 1.66. The van der Waals surface area contributed by atoms with Gasteiger partial charge in [-0.2, -0.15) is 0 Å². The number of aromatic nitrogens is 3. The molecule has 2 aromatic heterocycles. The summed E-state index contributed by atoms with van der Waals surface area (Å²) in [5, 5.41) is 10.0. The Morgan fingerprint density at radius 2 is 2.31 bits per heavy atom. The van der Waals surface area contributed by atoms with Crippen LogP contribution in [-0.2, 0) is 6.42 Å². The van der Waals surface area contributed by atoms with Gasteiger partial charge in [0.1, 0.15) is 17.1 Å². The molecule has 0 spiro atoms. The van der Waals surface area contributed by atoms with Gasteiger partial charge in [-0.1, -0.05) is 11.6 Å². The lowest BCUT2D eigenvalue weighted by Crippen LogP contribution is -1.89. The number of H-pyrrole nitrogens is 1. The van der Waals surface area contributed by atoms with Crippen LogP contribution in [0.2, 0.25) is 5.15 Å². The number of hydrogen-bond donors (Lipinski definition) is 2. The Morgan fingerprint density at radius 1 is 1.46 bits per heavy atom. The molecule has 0 unspecified atom stereocenters. The van der Waals surface area contributed by atoms with Gasteiger partial charge in [0.2, 0.25) is 0 Å². The maximum atomic E-state index is 8.79. The zero-order chi connectivity index (χ0) is 9.26. The van der Waals surface area contributed by atoms with Crippen molar-refractivity contribution >= 4 is 22.6 Å². The highest BCUT2D eigenvalue weighted by atomic mass is 35.5. The predicted octanol–water partition coefficient (Wildman–Crippen LogP) is 1.15. The van der Waals surface area contributed by atoms with Gasteiger partial charge in [-0.3, -0.25) is 0 Å². The molecule has 0 aliphatic rings. The molecule has 2 N–H and O–H groups in total. The molecule has 0 aliphatic carbocycles. The van der Waals surface area contributed by atoms with Crippen LogP contribution in [0.25, 0.3) is 11.0 Å². The van der Waals surface area contributed by atoms with Crippen molar-refractivity contribution in [1.82, 2.24) is 15.0 Å². The third-order valence-electron chi connectivity index (χ3n) is 1.89. The second kappa shape index (κ2) is 3.32. The Morgan fingerprint density at radius 3 is 3.08 bits per heavy atom. The highest BCUT2D eigenvalue weighted by Crippen LogP contribution is 2.22. The molecule has 2 rings (SSSR count). The average Bonchev–Trinajstić information content (AvgIpc) is 2.51. The fraction of sp³-hybridized carbons (Fsp3) is 0.250. The maximum absolute atomic E-state index is 8.79. The molecule has 0 saturated carbocycles. The number of rotatable bonds is 2. The lowest BCUT2D eigenvalue weighted by molar-refractivity contribution is 0.300. The van der Waals surface area contributed by atoms with Crippen molar-refractivity contribution in [3.05, 3.63) is 23.2 Å². The van der Waals surface area contributed by atoms with Crippen LogP contribution in [0.5, 0.6) is 0 Å². The van der Waals surface area contributed by atoms with Crippen LogP contribution in [-0.4, -0.2) is 26.7 Å². The standard InChI is InChI=1S/C8H8ClN3O/c9-7-6-5(1-2-13)3-10-8(6)12-4-11-7/h3-4,13H,1-2H2,(H,10,11,12). The van der Waals surface area contributed by atoms with E-state index in [4.69, 9.17) is 16.7 Å². The first-order chi connectivity index (χ1) is 6.33. The summed E-state index contributed by atoms with van der Waals surface area (Å²) in [5.74, 6) is 0. The minimum absolute atomic E-state index is 0.0954. The van der Waals surface area contributed by atoms with Crippen LogP contribution in [0.3, 0.4) is 0 Å². The molecule has 0 aromatic carbocycles. The molecule has 0 fully saturated rings. The van der Waals surface area contributed by atoms with Gasteiger partial charge in [-0.15, -0.1) is 0 Å². The van der Waals surface area contributed by atoms with Crippen molar-refractivity contribution in [2.45, 2.75) is 6.42 Å². The minimum atomic E-state index is 0.0954. The zero-order valence-electron chi connectivity index (χ0n) is 6.79. The Kier molecular flexibility index (Phi) is 2.16. The second-order valence-corrected chi connectivity index (χ2v) is 3.03. The number of nitrogens with zero attached hydrogens (tertiary/aromatic N) is 2. The van der Waals surface area contributed by atoms with Gasteiger partial charge in [0.05, 0.1) is 5.39 Å². The van der Waals surface area contributed by atoms with E-state index in [9.17, 15) is 0 Å². The SMILES string of the molecule is OCCc1c[nH]c2ncnc(Cl)c12. The predicted molar refractivity (Wildman–Crippen MR) is 49.7 cm³/mol. The summed E-state index contributed by atoms with van der Waals surface area (Å²) in [6.07, 6.45) is 3.76. The van der Waals surface area contributed by atoms with Crippen LogP contribution in [0.15, 0.2) is 12.5 Å². The average molecular weight is 198 g/mol. The van der Waals surface area contributed by atoms with Crippen molar-refractivity contribution in [2.75, 3.05) is 6.61 Å². The molecule has 0 radical (unpaired) electrons.